The number of aromatic nitrogens is 4. The number of rotatable bonds is 10. The predicted octanol–water partition coefficient (Wildman–Crippen LogP) is 3.16. The maximum absolute atomic E-state index is 13.4. The number of amides is 1. The third kappa shape index (κ3) is 4.51. The van der Waals surface area contributed by atoms with Gasteiger partial charge in [0.15, 0.2) is 17.2 Å². The normalized spacial score (nSPS) is 15.5. The Morgan fingerprint density at radius 3 is 2.66 bits per heavy atom. The van der Waals surface area contributed by atoms with Gasteiger partial charge in [-0.3, -0.25) is 19.1 Å². The van der Waals surface area contributed by atoms with Crippen LogP contribution in [0.1, 0.15) is 42.6 Å². The molecule has 0 aliphatic heterocycles. The number of fused-ring (bicyclic) bond motifs is 1. The van der Waals surface area contributed by atoms with Gasteiger partial charge in [-0.1, -0.05) is 17.3 Å². The smallest absolute Gasteiger partial charge is 0.293 e. The van der Waals surface area contributed by atoms with E-state index < -0.39 is 0 Å². The van der Waals surface area contributed by atoms with Crippen LogP contribution in [0.5, 0.6) is 0 Å². The number of nitrogen functional groups attached to an aromatic ring is 1. The van der Waals surface area contributed by atoms with E-state index in [9.17, 15) is 9.59 Å². The van der Waals surface area contributed by atoms with E-state index in [0.29, 0.717) is 35.5 Å². The highest BCUT2D eigenvalue weighted by atomic mass is 16.5. The molecule has 2 aliphatic rings. The Balaban J connectivity index is 1.16. The van der Waals surface area contributed by atoms with Gasteiger partial charge in [0, 0.05) is 42.3 Å². The molecule has 2 aliphatic carbocycles. The van der Waals surface area contributed by atoms with Crippen molar-refractivity contribution in [2.75, 3.05) is 17.6 Å². The molecule has 6 rings (SSSR count). The molecule has 0 unspecified atom stereocenters. The monoisotopic (exact) mass is 513 g/mol. The first kappa shape index (κ1) is 24.1. The van der Waals surface area contributed by atoms with Crippen LogP contribution in [0.15, 0.2) is 58.1 Å². The van der Waals surface area contributed by atoms with Crippen molar-refractivity contribution in [3.63, 3.8) is 0 Å². The fraction of sp³-hybridized carbons (Fsp3) is 0.393. The highest BCUT2D eigenvalue weighted by Crippen LogP contribution is 2.58. The number of anilines is 2. The Hall–Kier alpha value is -4.21. The van der Waals surface area contributed by atoms with Gasteiger partial charge in [0.1, 0.15) is 6.54 Å². The lowest BCUT2D eigenvalue weighted by Gasteiger charge is -2.34. The van der Waals surface area contributed by atoms with Crippen LogP contribution < -0.4 is 21.9 Å². The molecule has 3 aromatic heterocycles. The van der Waals surface area contributed by atoms with Crippen molar-refractivity contribution in [1.29, 1.82) is 0 Å². The van der Waals surface area contributed by atoms with E-state index in [1.807, 2.05) is 30.5 Å². The van der Waals surface area contributed by atoms with Crippen molar-refractivity contribution >= 4 is 28.5 Å². The fourth-order valence-corrected chi connectivity index (χ4v) is 5.60. The minimum absolute atomic E-state index is 0.0995. The van der Waals surface area contributed by atoms with Gasteiger partial charge in [0.05, 0.1) is 5.39 Å². The van der Waals surface area contributed by atoms with Crippen LogP contribution in [-0.2, 0) is 23.3 Å². The lowest BCUT2D eigenvalue weighted by molar-refractivity contribution is -0.121. The second-order valence-electron chi connectivity index (χ2n) is 10.5. The topological polar surface area (TPSA) is 141 Å². The molecular weight excluding hydrogens is 482 g/mol. The zero-order valence-electron chi connectivity index (χ0n) is 21.3. The van der Waals surface area contributed by atoms with Crippen molar-refractivity contribution in [2.45, 2.75) is 51.1 Å². The highest BCUT2D eigenvalue weighted by Gasteiger charge is 2.55. The summed E-state index contributed by atoms with van der Waals surface area (Å²) >= 11 is 0. The third-order valence-electron chi connectivity index (χ3n) is 7.91. The first-order valence-electron chi connectivity index (χ1n) is 13.1. The quantitative estimate of drug-likeness (QED) is 0.294. The van der Waals surface area contributed by atoms with E-state index in [4.69, 9.17) is 15.2 Å². The maximum atomic E-state index is 13.4. The number of hydrogen-bond donors (Lipinski definition) is 3. The van der Waals surface area contributed by atoms with Crippen molar-refractivity contribution < 1.29 is 9.32 Å². The Morgan fingerprint density at radius 2 is 1.95 bits per heavy atom. The van der Waals surface area contributed by atoms with Gasteiger partial charge in [-0.25, -0.2) is 4.98 Å². The standard InChI is InChI=1S/C28H31N7O3/c1-17-13-32-26(33-16-28(19-6-7-19,20-8-9-20)23-4-2-3-11-30-23)27(37)35(17)15-24(36)31-14-18-5-10-21-22(12-18)38-34-25(21)29/h2-5,10-13,19-20H,6-9,14-16H2,1H3,(H2,29,34)(H,31,36)(H,32,33). The summed E-state index contributed by atoms with van der Waals surface area (Å²) in [4.78, 5) is 35.3. The summed E-state index contributed by atoms with van der Waals surface area (Å²) in [5, 5.41) is 10.7. The molecule has 0 bridgehead atoms. The number of benzene rings is 1. The molecule has 10 heteroatoms. The zero-order chi connectivity index (χ0) is 26.3. The fourth-order valence-electron chi connectivity index (χ4n) is 5.60. The molecule has 4 N–H and O–H groups in total. The first-order chi connectivity index (χ1) is 18.5. The number of nitrogens with two attached hydrogens (primary N) is 1. The van der Waals surface area contributed by atoms with Crippen LogP contribution in [-0.4, -0.2) is 32.1 Å². The van der Waals surface area contributed by atoms with Crippen LogP contribution in [0.4, 0.5) is 11.6 Å². The Kier molecular flexibility index (Phi) is 6.09. The van der Waals surface area contributed by atoms with Crippen LogP contribution >= 0.6 is 0 Å². The number of nitrogens with zero attached hydrogens (tertiary/aromatic N) is 4. The summed E-state index contributed by atoms with van der Waals surface area (Å²) in [6.45, 7) is 2.57. The van der Waals surface area contributed by atoms with Crippen molar-refractivity contribution in [3.8, 4) is 0 Å². The Bertz CT molecular complexity index is 1530. The van der Waals surface area contributed by atoms with Gasteiger partial charge in [0.25, 0.3) is 5.56 Å². The molecule has 0 saturated heterocycles. The maximum Gasteiger partial charge on any atom is 0.293 e. The van der Waals surface area contributed by atoms with E-state index >= 15 is 0 Å². The van der Waals surface area contributed by atoms with E-state index in [-0.39, 0.29) is 35.8 Å². The molecule has 1 aromatic carbocycles. The third-order valence-corrected chi connectivity index (χ3v) is 7.91. The summed E-state index contributed by atoms with van der Waals surface area (Å²) in [6, 6.07) is 11.5. The predicted molar refractivity (Wildman–Crippen MR) is 143 cm³/mol. The van der Waals surface area contributed by atoms with Crippen molar-refractivity contribution in [1.82, 2.24) is 25.0 Å². The number of pyridine rings is 1. The Morgan fingerprint density at radius 1 is 1.16 bits per heavy atom. The summed E-state index contributed by atoms with van der Waals surface area (Å²) in [7, 11) is 0. The summed E-state index contributed by atoms with van der Waals surface area (Å²) in [5.41, 5.74) is 8.48. The van der Waals surface area contributed by atoms with Crippen LogP contribution in [0, 0.1) is 18.8 Å². The molecule has 0 atom stereocenters. The second-order valence-corrected chi connectivity index (χ2v) is 10.5. The molecule has 196 valence electrons. The van der Waals surface area contributed by atoms with Crippen molar-refractivity contribution in [3.05, 3.63) is 76.1 Å². The van der Waals surface area contributed by atoms with E-state index in [1.165, 1.54) is 30.3 Å². The van der Waals surface area contributed by atoms with Gasteiger partial charge >= 0.3 is 0 Å². The summed E-state index contributed by atoms with van der Waals surface area (Å²) < 4.78 is 6.66. The number of carbonyl (C=O) groups is 1. The minimum atomic E-state index is -0.305. The molecule has 0 spiro atoms. The minimum Gasteiger partial charge on any atom is -0.380 e. The van der Waals surface area contributed by atoms with E-state index in [0.717, 1.165) is 16.6 Å². The molecular formula is C28H31N7O3. The first-order valence-corrected chi connectivity index (χ1v) is 13.1. The average Bonchev–Trinajstić information content (AvgIpc) is 3.86. The summed E-state index contributed by atoms with van der Waals surface area (Å²) in [5.74, 6) is 1.44. The van der Waals surface area contributed by atoms with Crippen LogP contribution in [0.25, 0.3) is 11.0 Å². The van der Waals surface area contributed by atoms with Gasteiger partial charge in [-0.2, -0.15) is 0 Å². The van der Waals surface area contributed by atoms with Gasteiger partial charge in [-0.05, 0) is 74.3 Å². The number of aryl methyl sites for hydroxylation is 1. The lowest BCUT2D eigenvalue weighted by Crippen LogP contribution is -2.41. The number of carbonyl (C=O) groups excluding carboxylic acids is 1. The molecule has 2 saturated carbocycles. The molecule has 4 aromatic rings. The molecule has 2 fully saturated rings. The second kappa shape index (κ2) is 9.59. The largest absolute Gasteiger partial charge is 0.380 e. The van der Waals surface area contributed by atoms with Gasteiger partial charge < -0.3 is 20.9 Å². The van der Waals surface area contributed by atoms with Crippen LogP contribution in [0.3, 0.4) is 0 Å². The van der Waals surface area contributed by atoms with E-state index in [1.54, 1.807) is 19.2 Å². The average molecular weight is 514 g/mol. The van der Waals surface area contributed by atoms with E-state index in [2.05, 4.69) is 26.8 Å². The molecule has 38 heavy (non-hydrogen) atoms. The molecule has 1 amide bonds. The number of hydrogen-bond acceptors (Lipinski definition) is 8. The van der Waals surface area contributed by atoms with Gasteiger partial charge in [0.2, 0.25) is 5.91 Å². The van der Waals surface area contributed by atoms with Gasteiger partial charge in [-0.15, -0.1) is 0 Å². The lowest BCUT2D eigenvalue weighted by atomic mass is 9.74. The highest BCUT2D eigenvalue weighted by molar-refractivity contribution is 5.87. The summed E-state index contributed by atoms with van der Waals surface area (Å²) in [6.07, 6.45) is 8.20. The zero-order valence-corrected chi connectivity index (χ0v) is 21.3. The Labute approximate surface area is 219 Å². The molecule has 3 heterocycles. The van der Waals surface area contributed by atoms with Crippen LogP contribution in [0.2, 0.25) is 0 Å². The van der Waals surface area contributed by atoms with Crippen molar-refractivity contribution in [2.24, 2.45) is 11.8 Å². The SMILES string of the molecule is Cc1cnc(NCC(c2ccccn2)(C2CC2)C2CC2)c(=O)n1CC(=O)NCc1ccc2c(N)noc2c1. The number of nitrogens with one attached hydrogen (secondary N) is 2. The molecule has 10 nitrogen and oxygen atoms in total. The molecule has 0 radical (unpaired) electrons.